The van der Waals surface area contributed by atoms with Crippen LogP contribution in [0.25, 0.3) is 21.7 Å². The first-order valence-electron chi connectivity index (χ1n) is 5.89. The number of fused-ring (bicyclic) bond motifs is 1. The summed E-state index contributed by atoms with van der Waals surface area (Å²) in [6.07, 6.45) is 5.91. The third-order valence-corrected chi connectivity index (χ3v) is 4.00. The molecule has 0 amide bonds. The fourth-order valence-corrected chi connectivity index (χ4v) is 2.96. The van der Waals surface area contributed by atoms with Crippen molar-refractivity contribution in [2.24, 2.45) is 0 Å². The van der Waals surface area contributed by atoms with Crippen molar-refractivity contribution in [1.82, 2.24) is 4.98 Å². The normalized spacial score (nSPS) is 11.9. The summed E-state index contributed by atoms with van der Waals surface area (Å²) < 4.78 is 1.34. The molecule has 3 rings (SSSR count). The lowest BCUT2D eigenvalue weighted by Gasteiger charge is -2.00. The maximum absolute atomic E-state index is 4.05. The van der Waals surface area contributed by atoms with E-state index in [9.17, 15) is 0 Å². The molecule has 88 valence electrons. The van der Waals surface area contributed by atoms with E-state index in [0.717, 1.165) is 0 Å². The number of benzene rings is 1. The Morgan fingerprint density at radius 2 is 1.89 bits per heavy atom. The molecule has 0 aliphatic carbocycles. The van der Waals surface area contributed by atoms with E-state index >= 15 is 0 Å². The van der Waals surface area contributed by atoms with Gasteiger partial charge in [0.25, 0.3) is 0 Å². The molecule has 0 spiro atoms. The first-order valence-corrected chi connectivity index (χ1v) is 6.77. The fourth-order valence-electron chi connectivity index (χ4n) is 2.04. The number of thiophene rings is 1. The summed E-state index contributed by atoms with van der Waals surface area (Å²) in [6.45, 7) is 2.14. The number of rotatable bonds is 2. The lowest BCUT2D eigenvalue weighted by atomic mass is 10.1. The molecule has 18 heavy (non-hydrogen) atoms. The molecule has 0 bridgehead atoms. The van der Waals surface area contributed by atoms with Crippen LogP contribution in [0.1, 0.15) is 18.1 Å². The van der Waals surface area contributed by atoms with E-state index in [-0.39, 0.29) is 0 Å². The lowest BCUT2D eigenvalue weighted by molar-refractivity contribution is 1.31. The van der Waals surface area contributed by atoms with Gasteiger partial charge in [0.15, 0.2) is 0 Å². The van der Waals surface area contributed by atoms with Crippen LogP contribution >= 0.6 is 11.3 Å². The van der Waals surface area contributed by atoms with E-state index in [0.29, 0.717) is 0 Å². The highest BCUT2D eigenvalue weighted by atomic mass is 32.1. The van der Waals surface area contributed by atoms with E-state index < -0.39 is 0 Å². The smallest absolute Gasteiger partial charge is 0.0348 e. The SMILES string of the molecule is C/C(=C\c1csc2ccccc12)c1ccncc1. The summed E-state index contributed by atoms with van der Waals surface area (Å²) in [6, 6.07) is 12.6. The Morgan fingerprint density at radius 1 is 1.11 bits per heavy atom. The van der Waals surface area contributed by atoms with Crippen LogP contribution in [-0.4, -0.2) is 4.98 Å². The van der Waals surface area contributed by atoms with E-state index in [1.807, 2.05) is 24.5 Å². The van der Waals surface area contributed by atoms with E-state index in [1.165, 1.54) is 26.8 Å². The van der Waals surface area contributed by atoms with Crippen molar-refractivity contribution in [3.8, 4) is 0 Å². The van der Waals surface area contributed by atoms with E-state index in [4.69, 9.17) is 0 Å². The Kier molecular flexibility index (Phi) is 2.95. The highest BCUT2D eigenvalue weighted by Crippen LogP contribution is 2.28. The number of aromatic nitrogens is 1. The Balaban J connectivity index is 2.06. The molecule has 0 saturated heterocycles. The predicted octanol–water partition coefficient (Wildman–Crippen LogP) is 4.86. The average Bonchev–Trinajstić information content (AvgIpc) is 2.83. The minimum absolute atomic E-state index is 1.22. The zero-order valence-corrected chi connectivity index (χ0v) is 10.9. The molecule has 0 aliphatic heterocycles. The summed E-state index contributed by atoms with van der Waals surface area (Å²) >= 11 is 1.79. The lowest BCUT2D eigenvalue weighted by Crippen LogP contribution is -1.79. The zero-order valence-electron chi connectivity index (χ0n) is 10.1. The molecule has 0 unspecified atom stereocenters. The van der Waals surface area contributed by atoms with Crippen LogP contribution in [0, 0.1) is 0 Å². The first-order chi connectivity index (χ1) is 8.84. The van der Waals surface area contributed by atoms with E-state index in [1.54, 1.807) is 11.3 Å². The minimum Gasteiger partial charge on any atom is -0.265 e. The van der Waals surface area contributed by atoms with Crippen LogP contribution < -0.4 is 0 Å². The molecule has 0 fully saturated rings. The van der Waals surface area contributed by atoms with Crippen molar-refractivity contribution in [3.05, 3.63) is 65.3 Å². The second-order valence-corrected chi connectivity index (χ2v) is 5.16. The maximum atomic E-state index is 4.05. The van der Waals surface area contributed by atoms with Crippen molar-refractivity contribution in [2.45, 2.75) is 6.92 Å². The molecule has 0 saturated carbocycles. The van der Waals surface area contributed by atoms with Crippen molar-refractivity contribution < 1.29 is 0 Å². The molecule has 2 heterocycles. The quantitative estimate of drug-likeness (QED) is 0.634. The van der Waals surface area contributed by atoms with Gasteiger partial charge in [-0.2, -0.15) is 0 Å². The van der Waals surface area contributed by atoms with Gasteiger partial charge in [-0.1, -0.05) is 18.2 Å². The first kappa shape index (κ1) is 11.2. The molecule has 0 N–H and O–H groups in total. The maximum Gasteiger partial charge on any atom is 0.0348 e. The molecule has 2 heteroatoms. The van der Waals surface area contributed by atoms with Gasteiger partial charge in [0.2, 0.25) is 0 Å². The Hall–Kier alpha value is -1.93. The fraction of sp³-hybridized carbons (Fsp3) is 0.0625. The highest BCUT2D eigenvalue weighted by Gasteiger charge is 2.02. The van der Waals surface area contributed by atoms with Gasteiger partial charge < -0.3 is 0 Å². The number of nitrogens with zero attached hydrogens (tertiary/aromatic N) is 1. The minimum atomic E-state index is 1.22. The summed E-state index contributed by atoms with van der Waals surface area (Å²) in [5.74, 6) is 0. The monoisotopic (exact) mass is 251 g/mol. The molecule has 3 aromatic rings. The molecule has 0 atom stereocenters. The predicted molar refractivity (Wildman–Crippen MR) is 79.6 cm³/mol. The van der Waals surface area contributed by atoms with Gasteiger partial charge >= 0.3 is 0 Å². The number of hydrogen-bond donors (Lipinski definition) is 0. The van der Waals surface area contributed by atoms with Crippen LogP contribution in [-0.2, 0) is 0 Å². The Morgan fingerprint density at radius 3 is 2.72 bits per heavy atom. The molecule has 1 aromatic carbocycles. The highest BCUT2D eigenvalue weighted by molar-refractivity contribution is 7.17. The summed E-state index contributed by atoms with van der Waals surface area (Å²) in [5, 5.41) is 3.55. The van der Waals surface area contributed by atoms with Crippen LogP contribution in [0.2, 0.25) is 0 Å². The van der Waals surface area contributed by atoms with Crippen LogP contribution in [0.15, 0.2) is 54.2 Å². The van der Waals surface area contributed by atoms with Gasteiger partial charge in [-0.15, -0.1) is 11.3 Å². The standard InChI is InChI=1S/C16H13NS/c1-12(13-6-8-17-9-7-13)10-14-11-18-16-5-3-2-4-15(14)16/h2-11H,1H3/b12-10+. The molecular weight excluding hydrogens is 238 g/mol. The Labute approximate surface area is 110 Å². The number of pyridine rings is 1. The molecule has 0 radical (unpaired) electrons. The van der Waals surface area contributed by atoms with Gasteiger partial charge in [0.1, 0.15) is 0 Å². The van der Waals surface area contributed by atoms with Crippen molar-refractivity contribution >= 4 is 33.1 Å². The topological polar surface area (TPSA) is 12.9 Å². The van der Waals surface area contributed by atoms with Crippen LogP contribution in [0.4, 0.5) is 0 Å². The molecule has 0 aliphatic rings. The Bertz CT molecular complexity index is 695. The molecule has 2 aromatic heterocycles. The molecule has 1 nitrogen and oxygen atoms in total. The van der Waals surface area contributed by atoms with Gasteiger partial charge in [0.05, 0.1) is 0 Å². The number of allylic oxidation sites excluding steroid dienone is 1. The zero-order chi connectivity index (χ0) is 12.4. The molecular formula is C16H13NS. The summed E-state index contributed by atoms with van der Waals surface area (Å²) in [4.78, 5) is 4.05. The van der Waals surface area contributed by atoms with Crippen LogP contribution in [0.3, 0.4) is 0 Å². The van der Waals surface area contributed by atoms with Crippen LogP contribution in [0.5, 0.6) is 0 Å². The van der Waals surface area contributed by atoms with E-state index in [2.05, 4.69) is 47.6 Å². The second kappa shape index (κ2) is 4.75. The second-order valence-electron chi connectivity index (χ2n) is 4.25. The van der Waals surface area contributed by atoms with Gasteiger partial charge in [-0.25, -0.2) is 0 Å². The van der Waals surface area contributed by atoms with Crippen molar-refractivity contribution in [1.29, 1.82) is 0 Å². The number of hydrogen-bond acceptors (Lipinski definition) is 2. The average molecular weight is 251 g/mol. The summed E-state index contributed by atoms with van der Waals surface area (Å²) in [7, 11) is 0. The third-order valence-electron chi connectivity index (χ3n) is 3.02. The van der Waals surface area contributed by atoms with Gasteiger partial charge in [0, 0.05) is 17.1 Å². The largest absolute Gasteiger partial charge is 0.265 e. The van der Waals surface area contributed by atoms with Gasteiger partial charge in [-0.05, 0) is 58.7 Å². The van der Waals surface area contributed by atoms with Gasteiger partial charge in [-0.3, -0.25) is 4.98 Å². The third kappa shape index (κ3) is 2.07. The summed E-state index contributed by atoms with van der Waals surface area (Å²) in [5.41, 5.74) is 3.78. The van der Waals surface area contributed by atoms with Crippen molar-refractivity contribution in [2.75, 3.05) is 0 Å². The van der Waals surface area contributed by atoms with Crippen molar-refractivity contribution in [3.63, 3.8) is 0 Å².